The van der Waals surface area contributed by atoms with Gasteiger partial charge >= 0.3 is 211 Å². The van der Waals surface area contributed by atoms with Crippen molar-refractivity contribution in [2.45, 2.75) is 35.2 Å². The van der Waals surface area contributed by atoms with Crippen molar-refractivity contribution in [1.82, 2.24) is 15.0 Å². The predicted molar refractivity (Wildman–Crippen MR) is 132 cm³/mol. The molecule has 0 amide bonds. The number of hydrogen-bond donors (Lipinski definition) is 3. The first-order valence-corrected chi connectivity index (χ1v) is 14.9. The van der Waals surface area contributed by atoms with Crippen LogP contribution in [0.1, 0.15) is 16.4 Å². The van der Waals surface area contributed by atoms with Crippen LogP contribution < -0.4 is 0 Å². The molecule has 5 atom stereocenters. The van der Waals surface area contributed by atoms with Gasteiger partial charge in [0.05, 0.1) is 0 Å². The summed E-state index contributed by atoms with van der Waals surface area (Å²) >= 11 is -2.32. The summed E-state index contributed by atoms with van der Waals surface area (Å²) in [5.41, 5.74) is 1.36. The molecule has 1 aliphatic rings. The molecule has 187 valence electrons. The molecule has 0 aliphatic carbocycles. The Morgan fingerprint density at radius 1 is 1.06 bits per heavy atom. The molecule has 2 heterocycles. The van der Waals surface area contributed by atoms with Gasteiger partial charge in [-0.2, -0.15) is 0 Å². The van der Waals surface area contributed by atoms with Crippen LogP contribution in [-0.2, 0) is 4.74 Å². The Morgan fingerprint density at radius 2 is 1.83 bits per heavy atom. The Labute approximate surface area is 210 Å². The number of fused-ring (bicyclic) bond motifs is 1. The van der Waals surface area contributed by atoms with E-state index in [-0.39, 0.29) is 4.68 Å². The molecular weight excluding hydrogens is 532 g/mol. The van der Waals surface area contributed by atoms with E-state index in [4.69, 9.17) is 4.74 Å². The zero-order valence-electron chi connectivity index (χ0n) is 19.3. The van der Waals surface area contributed by atoms with Gasteiger partial charge in [0.15, 0.2) is 0 Å². The van der Waals surface area contributed by atoms with Gasteiger partial charge in [0.1, 0.15) is 0 Å². The van der Waals surface area contributed by atoms with Gasteiger partial charge in [0.2, 0.25) is 0 Å². The van der Waals surface area contributed by atoms with Crippen LogP contribution in [-0.4, -0.2) is 78.8 Å². The van der Waals surface area contributed by atoms with Crippen LogP contribution in [0.3, 0.4) is 0 Å². The van der Waals surface area contributed by atoms with Crippen molar-refractivity contribution in [2.75, 3.05) is 6.61 Å². The van der Waals surface area contributed by atoms with Crippen LogP contribution in [0.2, 0.25) is 5.82 Å². The van der Waals surface area contributed by atoms with E-state index >= 15 is 0 Å². The van der Waals surface area contributed by atoms with Crippen molar-refractivity contribution in [3.63, 3.8) is 0 Å². The number of hydrogen-bond acceptors (Lipinski definition) is 7. The Hall–Kier alpha value is -2.98. The van der Waals surface area contributed by atoms with Gasteiger partial charge in [0.25, 0.3) is 0 Å². The first kappa shape index (κ1) is 24.7. The number of ether oxygens (including phenoxy) is 1. The third-order valence-corrected chi connectivity index (χ3v) is 10.4. The summed E-state index contributed by atoms with van der Waals surface area (Å²) in [6, 6.07) is 18.0. The average Bonchev–Trinajstić information content (AvgIpc) is 3.38. The average molecular weight is 557 g/mol. The normalized spacial score (nSPS) is 24.3. The number of rotatable bonds is 6. The van der Waals surface area contributed by atoms with Crippen LogP contribution >= 0.6 is 0 Å². The zero-order chi connectivity index (χ0) is 25.4. The van der Waals surface area contributed by atoms with E-state index < -0.39 is 55.7 Å². The van der Waals surface area contributed by atoms with E-state index in [0.29, 0.717) is 16.8 Å². The monoisotopic (exact) mass is 558 g/mol. The minimum atomic E-state index is -2.32. The van der Waals surface area contributed by atoms with Crippen molar-refractivity contribution in [1.29, 1.82) is 0 Å². The molecule has 1 aromatic heterocycles. The molecule has 36 heavy (non-hydrogen) atoms. The first-order chi connectivity index (χ1) is 17.4. The van der Waals surface area contributed by atoms with Crippen LogP contribution in [0.4, 0.5) is 4.39 Å². The van der Waals surface area contributed by atoms with Crippen molar-refractivity contribution >= 4 is 29.4 Å². The van der Waals surface area contributed by atoms with Crippen molar-refractivity contribution in [2.24, 2.45) is 0 Å². The molecule has 8 nitrogen and oxygen atoms in total. The number of aromatic nitrogens is 3. The molecule has 1 fully saturated rings. The molecular formula is C26H25FN3O5Se. The van der Waals surface area contributed by atoms with Gasteiger partial charge in [-0.05, 0) is 0 Å². The second kappa shape index (κ2) is 10.2. The summed E-state index contributed by atoms with van der Waals surface area (Å²) in [4.78, 5) is 13.4. The molecule has 4 aromatic rings. The standard InChI is InChI=1S/C26H25FN3O5Se/c1-36(25(34)18-10-9-15-5-2-3-6-16(15)11-18)26-24(33)22(23(32)21(14-31)35-26)30-13-20(28-29-30)17-7-4-8-19(27)12-17/h2-13,21-24,26,31-33H,14H2,1H3/t21-,22+,23+,24-,26+/m1/s1. The summed E-state index contributed by atoms with van der Waals surface area (Å²) in [6.07, 6.45) is -2.12. The molecule has 0 unspecified atom stereocenters. The van der Waals surface area contributed by atoms with Gasteiger partial charge in [-0.3, -0.25) is 0 Å². The Morgan fingerprint density at radius 3 is 2.58 bits per heavy atom. The SMILES string of the molecule is C[Se](C(=O)c1ccc2ccccc2c1)[C@@H]1O[C@H](CO)[C@H](O)[C@H](n2cc(-c3cccc(F)c3)nn2)[C@H]1O. The van der Waals surface area contributed by atoms with Crippen molar-refractivity contribution in [3.05, 3.63) is 84.3 Å². The van der Waals surface area contributed by atoms with Crippen LogP contribution in [0.15, 0.2) is 72.9 Å². The molecule has 1 saturated heterocycles. The molecule has 0 bridgehead atoms. The van der Waals surface area contributed by atoms with Crippen LogP contribution in [0, 0.1) is 5.82 Å². The fourth-order valence-electron chi connectivity index (χ4n) is 4.48. The summed E-state index contributed by atoms with van der Waals surface area (Å²) < 4.78 is 20.7. The number of halogens is 1. The summed E-state index contributed by atoms with van der Waals surface area (Å²) in [7, 11) is 0. The molecule has 5 rings (SSSR count). The van der Waals surface area contributed by atoms with Crippen molar-refractivity contribution in [3.8, 4) is 11.3 Å². The third-order valence-electron chi connectivity index (χ3n) is 6.41. The maximum absolute atomic E-state index is 13.7. The molecule has 3 N–H and O–H groups in total. The molecule has 10 heteroatoms. The number of nitrogens with zero attached hydrogens (tertiary/aromatic N) is 3. The van der Waals surface area contributed by atoms with E-state index in [9.17, 15) is 24.5 Å². The van der Waals surface area contributed by atoms with Crippen LogP contribution in [0.5, 0.6) is 0 Å². The van der Waals surface area contributed by atoms with E-state index in [1.54, 1.807) is 24.0 Å². The molecule has 3 aromatic carbocycles. The van der Waals surface area contributed by atoms with E-state index in [1.165, 1.54) is 23.0 Å². The molecule has 0 spiro atoms. The fourth-order valence-corrected chi connectivity index (χ4v) is 7.84. The number of carbonyl (C=O) groups is 1. The number of aliphatic hydroxyl groups excluding tert-OH is 3. The molecule has 0 saturated carbocycles. The fraction of sp³-hybridized carbons (Fsp3) is 0.269. The zero-order valence-corrected chi connectivity index (χ0v) is 21.0. The first-order valence-electron chi connectivity index (χ1n) is 11.4. The second-order valence-corrected chi connectivity index (χ2v) is 12.8. The Kier molecular flexibility index (Phi) is 6.98. The maximum atomic E-state index is 13.7. The summed E-state index contributed by atoms with van der Waals surface area (Å²) in [6.45, 7) is -0.505. The van der Waals surface area contributed by atoms with Gasteiger partial charge in [0, 0.05) is 0 Å². The summed E-state index contributed by atoms with van der Waals surface area (Å²) in [5.74, 6) is 1.34. The van der Waals surface area contributed by atoms with Gasteiger partial charge in [-0.25, -0.2) is 0 Å². The van der Waals surface area contributed by atoms with E-state index in [2.05, 4.69) is 10.3 Å². The summed E-state index contributed by atoms with van der Waals surface area (Å²) in [5, 5.41) is 41.2. The number of aliphatic hydroxyl groups is 3. The quantitative estimate of drug-likeness (QED) is 0.312. The minimum absolute atomic E-state index is 0.115. The Balaban J connectivity index is 1.44. The predicted octanol–water partition coefficient (Wildman–Crippen LogP) is 2.35. The number of carbonyl (C=O) groups excluding carboxylic acids is 1. The van der Waals surface area contributed by atoms with Gasteiger partial charge in [-0.15, -0.1) is 0 Å². The van der Waals surface area contributed by atoms with E-state index in [1.807, 2.05) is 36.4 Å². The molecule has 1 radical (unpaired) electrons. The molecule has 1 aliphatic heterocycles. The topological polar surface area (TPSA) is 118 Å². The van der Waals surface area contributed by atoms with Crippen LogP contribution in [0.25, 0.3) is 22.0 Å². The second-order valence-electron chi connectivity index (χ2n) is 8.70. The van der Waals surface area contributed by atoms with E-state index in [0.717, 1.165) is 10.8 Å². The number of benzene rings is 3. The third kappa shape index (κ3) is 4.59. The Bertz CT molecular complexity index is 1400. The van der Waals surface area contributed by atoms with Gasteiger partial charge < -0.3 is 0 Å². The van der Waals surface area contributed by atoms with Gasteiger partial charge in [-0.1, -0.05) is 0 Å². The van der Waals surface area contributed by atoms with Crippen molar-refractivity contribution < 1.29 is 29.2 Å².